The zero-order valence-electron chi connectivity index (χ0n) is 15.3. The van der Waals surface area contributed by atoms with E-state index in [2.05, 4.69) is 34.6 Å². The molecule has 136 valence electrons. The Bertz CT molecular complexity index is 972. The summed E-state index contributed by atoms with van der Waals surface area (Å²) in [6, 6.07) is 9.88. The van der Waals surface area contributed by atoms with Crippen LogP contribution in [0, 0.1) is 0 Å². The van der Waals surface area contributed by atoms with Crippen LogP contribution in [0.2, 0.25) is 0 Å². The fraction of sp³-hybridized carbons (Fsp3) is 0.368. The number of aryl methyl sites for hydroxylation is 1. The number of hydrogen-bond acceptors (Lipinski definition) is 4. The second kappa shape index (κ2) is 7.51. The Labute approximate surface area is 151 Å². The molecule has 0 fully saturated rings. The van der Waals surface area contributed by atoms with Crippen molar-refractivity contribution >= 4 is 11.4 Å². The van der Waals surface area contributed by atoms with Gasteiger partial charge in [-0.05, 0) is 31.4 Å². The molecule has 0 saturated heterocycles. The van der Waals surface area contributed by atoms with Crippen molar-refractivity contribution < 1.29 is 4.79 Å². The minimum absolute atomic E-state index is 0.0644. The molecule has 3 aromatic rings. The summed E-state index contributed by atoms with van der Waals surface area (Å²) in [6.45, 7) is 5.91. The molecule has 26 heavy (non-hydrogen) atoms. The minimum atomic E-state index is -0.337. The van der Waals surface area contributed by atoms with Crippen LogP contribution in [0.4, 0.5) is 0 Å². The molecular weight excluding hydrogens is 330 g/mol. The molecule has 1 N–H and O–H groups in total. The first kappa shape index (κ1) is 17.8. The topological polar surface area (TPSA) is 81.3 Å². The van der Waals surface area contributed by atoms with E-state index in [0.717, 1.165) is 18.4 Å². The van der Waals surface area contributed by atoms with E-state index in [4.69, 9.17) is 0 Å². The number of hydrogen-bond donors (Lipinski definition) is 1. The van der Waals surface area contributed by atoms with Crippen molar-refractivity contribution in [2.24, 2.45) is 0 Å². The van der Waals surface area contributed by atoms with E-state index in [1.165, 1.54) is 21.1 Å². The molecule has 1 atom stereocenters. The standard InChI is InChI=1S/C19H23N5O2/c1-4-13(3)21-18(25)11-23-19(26)17-10-16(22-24(17)12-20-23)15-8-6-14(5-2)7-9-15/h6-10,12-13H,4-5,11H2,1-3H3,(H,21,25). The maximum Gasteiger partial charge on any atom is 0.293 e. The van der Waals surface area contributed by atoms with E-state index >= 15 is 0 Å². The van der Waals surface area contributed by atoms with E-state index in [1.54, 1.807) is 6.07 Å². The summed E-state index contributed by atoms with van der Waals surface area (Å²) >= 11 is 0. The Balaban J connectivity index is 1.89. The third kappa shape index (κ3) is 3.66. The minimum Gasteiger partial charge on any atom is -0.352 e. The van der Waals surface area contributed by atoms with Gasteiger partial charge < -0.3 is 5.32 Å². The summed E-state index contributed by atoms with van der Waals surface area (Å²) in [6.07, 6.45) is 3.26. The van der Waals surface area contributed by atoms with Crippen LogP contribution in [-0.4, -0.2) is 31.3 Å². The number of nitrogens with one attached hydrogen (secondary N) is 1. The van der Waals surface area contributed by atoms with Gasteiger partial charge >= 0.3 is 0 Å². The molecule has 7 nitrogen and oxygen atoms in total. The molecule has 2 heterocycles. The molecule has 2 aromatic heterocycles. The van der Waals surface area contributed by atoms with Crippen molar-refractivity contribution in [3.05, 3.63) is 52.6 Å². The fourth-order valence-corrected chi connectivity index (χ4v) is 2.66. The van der Waals surface area contributed by atoms with Crippen LogP contribution in [0.3, 0.4) is 0 Å². The number of carbonyl (C=O) groups excluding carboxylic acids is 1. The van der Waals surface area contributed by atoms with Crippen molar-refractivity contribution in [3.8, 4) is 11.3 Å². The number of fused-ring (bicyclic) bond motifs is 1. The maximum atomic E-state index is 12.6. The van der Waals surface area contributed by atoms with Crippen molar-refractivity contribution in [1.29, 1.82) is 0 Å². The smallest absolute Gasteiger partial charge is 0.293 e. The second-order valence-electron chi connectivity index (χ2n) is 6.38. The van der Waals surface area contributed by atoms with Gasteiger partial charge in [0.1, 0.15) is 18.4 Å². The lowest BCUT2D eigenvalue weighted by Gasteiger charge is -2.11. The van der Waals surface area contributed by atoms with E-state index in [-0.39, 0.29) is 24.1 Å². The third-order valence-corrected chi connectivity index (χ3v) is 4.46. The maximum absolute atomic E-state index is 12.6. The molecule has 0 aliphatic rings. The van der Waals surface area contributed by atoms with Crippen LogP contribution >= 0.6 is 0 Å². The fourth-order valence-electron chi connectivity index (χ4n) is 2.66. The van der Waals surface area contributed by atoms with Crippen LogP contribution in [0.1, 0.15) is 32.8 Å². The number of carbonyl (C=O) groups is 1. The van der Waals surface area contributed by atoms with E-state index in [1.807, 2.05) is 26.0 Å². The Morgan fingerprint density at radius 3 is 2.62 bits per heavy atom. The van der Waals surface area contributed by atoms with Gasteiger partial charge in [0.15, 0.2) is 0 Å². The van der Waals surface area contributed by atoms with Crippen LogP contribution in [0.15, 0.2) is 41.5 Å². The number of nitrogens with zero attached hydrogens (tertiary/aromatic N) is 4. The van der Waals surface area contributed by atoms with Crippen molar-refractivity contribution in [2.75, 3.05) is 0 Å². The van der Waals surface area contributed by atoms with Gasteiger partial charge in [-0.15, -0.1) is 0 Å². The lowest BCUT2D eigenvalue weighted by Crippen LogP contribution is -2.38. The Hall–Kier alpha value is -2.96. The normalized spacial score (nSPS) is 12.3. The SMILES string of the molecule is CCc1ccc(-c2cc3c(=O)n(CC(=O)NC(C)CC)ncn3n2)cc1. The summed E-state index contributed by atoms with van der Waals surface area (Å²) < 4.78 is 2.62. The third-order valence-electron chi connectivity index (χ3n) is 4.46. The summed E-state index contributed by atoms with van der Waals surface area (Å²) in [7, 11) is 0. The van der Waals surface area contributed by atoms with Crippen LogP contribution in [-0.2, 0) is 17.8 Å². The zero-order chi connectivity index (χ0) is 18.7. The van der Waals surface area contributed by atoms with Crippen molar-refractivity contribution in [2.45, 2.75) is 46.2 Å². The summed E-state index contributed by atoms with van der Waals surface area (Å²) in [5.74, 6) is -0.229. The Morgan fingerprint density at radius 1 is 1.23 bits per heavy atom. The predicted octanol–water partition coefficient (Wildman–Crippen LogP) is 2.04. The Morgan fingerprint density at radius 2 is 1.96 bits per heavy atom. The molecule has 1 aromatic carbocycles. The predicted molar refractivity (Wildman–Crippen MR) is 100.0 cm³/mol. The molecule has 1 unspecified atom stereocenters. The molecule has 0 radical (unpaired) electrons. The lowest BCUT2D eigenvalue weighted by molar-refractivity contribution is -0.122. The van der Waals surface area contributed by atoms with Crippen molar-refractivity contribution in [1.82, 2.24) is 24.7 Å². The highest BCUT2D eigenvalue weighted by Crippen LogP contribution is 2.19. The molecule has 0 saturated carbocycles. The van der Waals surface area contributed by atoms with E-state index in [0.29, 0.717) is 11.2 Å². The first-order valence-corrected chi connectivity index (χ1v) is 8.86. The number of amides is 1. The molecule has 0 spiro atoms. The van der Waals surface area contributed by atoms with Gasteiger partial charge in [0, 0.05) is 11.6 Å². The molecule has 1 amide bonds. The molecule has 3 rings (SSSR count). The average Bonchev–Trinajstić information content (AvgIpc) is 3.09. The summed E-state index contributed by atoms with van der Waals surface area (Å²) in [4.78, 5) is 24.6. The number of rotatable bonds is 6. The molecule has 0 aliphatic carbocycles. The molecular formula is C19H23N5O2. The highest BCUT2D eigenvalue weighted by atomic mass is 16.2. The average molecular weight is 353 g/mol. The van der Waals surface area contributed by atoms with Crippen LogP contribution in [0.25, 0.3) is 16.8 Å². The largest absolute Gasteiger partial charge is 0.352 e. The monoisotopic (exact) mass is 353 g/mol. The van der Waals surface area contributed by atoms with E-state index < -0.39 is 0 Å². The second-order valence-corrected chi connectivity index (χ2v) is 6.38. The summed E-state index contributed by atoms with van der Waals surface area (Å²) in [5.41, 5.74) is 2.94. The van der Waals surface area contributed by atoms with Crippen molar-refractivity contribution in [3.63, 3.8) is 0 Å². The summed E-state index contributed by atoms with van der Waals surface area (Å²) in [5, 5.41) is 11.3. The number of aromatic nitrogens is 4. The lowest BCUT2D eigenvalue weighted by atomic mass is 10.1. The molecule has 0 aliphatic heterocycles. The van der Waals surface area contributed by atoms with Gasteiger partial charge in [0.25, 0.3) is 5.56 Å². The Kier molecular flexibility index (Phi) is 5.16. The molecule has 7 heteroatoms. The van der Waals surface area contributed by atoms with Crippen LogP contribution in [0.5, 0.6) is 0 Å². The number of benzene rings is 1. The van der Waals surface area contributed by atoms with Gasteiger partial charge in [-0.1, -0.05) is 38.1 Å². The molecule has 0 bridgehead atoms. The van der Waals surface area contributed by atoms with Gasteiger partial charge in [-0.3, -0.25) is 9.59 Å². The first-order chi connectivity index (χ1) is 12.5. The zero-order valence-corrected chi connectivity index (χ0v) is 15.3. The first-order valence-electron chi connectivity index (χ1n) is 8.86. The van der Waals surface area contributed by atoms with Gasteiger partial charge in [-0.2, -0.15) is 10.2 Å². The van der Waals surface area contributed by atoms with Gasteiger partial charge in [0.05, 0.1) is 5.69 Å². The van der Waals surface area contributed by atoms with Gasteiger partial charge in [-0.25, -0.2) is 9.20 Å². The van der Waals surface area contributed by atoms with E-state index in [9.17, 15) is 9.59 Å². The highest BCUT2D eigenvalue weighted by Gasteiger charge is 2.13. The highest BCUT2D eigenvalue weighted by molar-refractivity contribution is 5.76. The van der Waals surface area contributed by atoms with Crippen LogP contribution < -0.4 is 10.9 Å². The quantitative estimate of drug-likeness (QED) is 0.735. The van der Waals surface area contributed by atoms with Gasteiger partial charge in [0.2, 0.25) is 5.91 Å².